The van der Waals surface area contributed by atoms with E-state index in [9.17, 15) is 9.59 Å². The number of hydrogen-bond acceptors (Lipinski definition) is 3. The first kappa shape index (κ1) is 22.7. The van der Waals surface area contributed by atoms with E-state index in [0.717, 1.165) is 27.9 Å². The average molecular weight is 435 g/mol. The quantitative estimate of drug-likeness (QED) is 0.289. The molecule has 5 heteroatoms. The Morgan fingerprint density at radius 1 is 1.03 bits per heavy atom. The molecule has 0 amide bonds. The minimum absolute atomic E-state index is 0.0191. The first-order valence-electron chi connectivity index (χ1n) is 10.2. The number of aryl methyl sites for hydroxylation is 3. The van der Waals surface area contributed by atoms with E-state index in [1.807, 2.05) is 84.0 Å². The van der Waals surface area contributed by atoms with Crippen LogP contribution in [-0.2, 0) is 5.41 Å². The third-order valence-electron chi connectivity index (χ3n) is 5.17. The average Bonchev–Trinajstić information content (AvgIpc) is 2.66. The molecule has 0 saturated carbocycles. The molecule has 3 aromatic rings. The number of aromatic nitrogens is 1. The van der Waals surface area contributed by atoms with E-state index in [-0.39, 0.29) is 22.1 Å². The number of carbonyl (C=O) groups is 1. The van der Waals surface area contributed by atoms with Gasteiger partial charge in [0, 0.05) is 11.1 Å². The first-order chi connectivity index (χ1) is 14.5. The number of benzene rings is 2. The second-order valence-electron chi connectivity index (χ2n) is 8.88. The van der Waals surface area contributed by atoms with Crippen LogP contribution < -0.4 is 5.56 Å². The van der Waals surface area contributed by atoms with E-state index in [0.29, 0.717) is 11.1 Å². The minimum Gasteiger partial charge on any atom is -0.312 e. The lowest BCUT2D eigenvalue weighted by atomic mass is 9.80. The summed E-state index contributed by atoms with van der Waals surface area (Å²) in [6.45, 7) is 11.8. The van der Waals surface area contributed by atoms with E-state index >= 15 is 0 Å². The fraction of sp³-hybridized carbons (Fsp3) is 0.269. The molecule has 0 radical (unpaired) electrons. The summed E-state index contributed by atoms with van der Waals surface area (Å²) in [6, 6.07) is 13.5. The number of Topliss-reactive ketones (excluding diaryl/α,β-unsaturated/α-hetero) is 1. The van der Waals surface area contributed by atoms with E-state index in [1.165, 1.54) is 6.21 Å². The number of rotatable bonds is 4. The summed E-state index contributed by atoms with van der Waals surface area (Å²) in [5.74, 6) is -0.357. The van der Waals surface area contributed by atoms with Gasteiger partial charge >= 0.3 is 0 Å². The highest BCUT2D eigenvalue weighted by atomic mass is 35.5. The van der Waals surface area contributed by atoms with Crippen molar-refractivity contribution >= 4 is 29.3 Å². The van der Waals surface area contributed by atoms with Crippen LogP contribution in [0.2, 0.25) is 5.15 Å². The molecule has 0 spiro atoms. The van der Waals surface area contributed by atoms with Gasteiger partial charge in [-0.25, -0.2) is 0 Å². The smallest absolute Gasteiger partial charge is 0.253 e. The topological polar surface area (TPSA) is 62.3 Å². The van der Waals surface area contributed by atoms with Crippen LogP contribution in [0.3, 0.4) is 0 Å². The maximum absolute atomic E-state index is 13.4. The van der Waals surface area contributed by atoms with Crippen molar-refractivity contribution in [1.29, 1.82) is 0 Å². The number of nitrogens with one attached hydrogen (secondary N) is 1. The highest BCUT2D eigenvalue weighted by Gasteiger charge is 2.29. The van der Waals surface area contributed by atoms with Crippen LogP contribution >= 0.6 is 11.6 Å². The normalized spacial score (nSPS) is 11.8. The molecular weight excluding hydrogens is 408 g/mol. The second kappa shape index (κ2) is 8.64. The molecule has 0 saturated heterocycles. The largest absolute Gasteiger partial charge is 0.312 e. The third kappa shape index (κ3) is 4.70. The molecule has 1 aromatic heterocycles. The fourth-order valence-corrected chi connectivity index (χ4v) is 4.25. The summed E-state index contributed by atoms with van der Waals surface area (Å²) in [4.78, 5) is 33.4. The zero-order valence-corrected chi connectivity index (χ0v) is 19.5. The Bertz CT molecular complexity index is 1210. The zero-order valence-electron chi connectivity index (χ0n) is 18.8. The van der Waals surface area contributed by atoms with Crippen molar-refractivity contribution in [1.82, 2.24) is 4.98 Å². The van der Waals surface area contributed by atoms with Gasteiger partial charge in [0.1, 0.15) is 5.15 Å². The number of ketones is 1. The number of carbonyl (C=O) groups excluding carboxylic acids is 1. The molecule has 0 aliphatic heterocycles. The van der Waals surface area contributed by atoms with E-state index in [4.69, 9.17) is 11.6 Å². The molecule has 2 aromatic carbocycles. The van der Waals surface area contributed by atoms with Crippen LogP contribution in [0.1, 0.15) is 53.4 Å². The lowest BCUT2D eigenvalue weighted by Crippen LogP contribution is -2.28. The van der Waals surface area contributed by atoms with Gasteiger partial charge in [0.2, 0.25) is 5.78 Å². The molecule has 160 valence electrons. The molecule has 1 N–H and O–H groups in total. The summed E-state index contributed by atoms with van der Waals surface area (Å²) in [7, 11) is 0. The monoisotopic (exact) mass is 434 g/mol. The van der Waals surface area contributed by atoms with Crippen molar-refractivity contribution < 1.29 is 4.79 Å². The van der Waals surface area contributed by atoms with E-state index in [1.54, 1.807) is 0 Å². The lowest BCUT2D eigenvalue weighted by Gasteiger charge is -2.24. The van der Waals surface area contributed by atoms with Crippen LogP contribution in [-0.4, -0.2) is 17.0 Å². The van der Waals surface area contributed by atoms with E-state index < -0.39 is 5.41 Å². The van der Waals surface area contributed by atoms with Gasteiger partial charge in [0.05, 0.1) is 17.5 Å². The molecule has 31 heavy (non-hydrogen) atoms. The summed E-state index contributed by atoms with van der Waals surface area (Å²) in [6.07, 6.45) is 1.29. The Labute approximate surface area is 188 Å². The third-order valence-corrected chi connectivity index (χ3v) is 5.46. The van der Waals surface area contributed by atoms with Crippen molar-refractivity contribution in [2.24, 2.45) is 4.99 Å². The number of hydrogen-bond donors (Lipinski definition) is 1. The van der Waals surface area contributed by atoms with Gasteiger partial charge in [-0.1, -0.05) is 80.4 Å². The number of pyridine rings is 1. The van der Waals surface area contributed by atoms with Gasteiger partial charge in [-0.05, 0) is 42.9 Å². The number of aliphatic imine (C=N–C) groups is 1. The van der Waals surface area contributed by atoms with Crippen LogP contribution in [0.5, 0.6) is 0 Å². The van der Waals surface area contributed by atoms with Crippen molar-refractivity contribution in [3.05, 3.63) is 85.8 Å². The van der Waals surface area contributed by atoms with Crippen LogP contribution in [0.25, 0.3) is 11.1 Å². The number of H-pyrrole nitrogens is 1. The molecule has 3 rings (SSSR count). The Hall–Kier alpha value is -2.98. The predicted octanol–water partition coefficient (Wildman–Crippen LogP) is 6.50. The highest BCUT2D eigenvalue weighted by molar-refractivity contribution is 6.43. The molecule has 0 unspecified atom stereocenters. The zero-order chi connectivity index (χ0) is 22.9. The Morgan fingerprint density at radius 2 is 1.61 bits per heavy atom. The van der Waals surface area contributed by atoms with Gasteiger partial charge in [-0.15, -0.1) is 0 Å². The SMILES string of the molecule is Cc1cc(C)c(N=CC(=O)c2c(Cl)[nH]c(=O)c(C(C)(C)C)c2-c2ccccc2)c(C)c1. The molecule has 0 atom stereocenters. The van der Waals surface area contributed by atoms with Crippen molar-refractivity contribution in [2.75, 3.05) is 0 Å². The van der Waals surface area contributed by atoms with Gasteiger partial charge in [-0.3, -0.25) is 14.6 Å². The maximum atomic E-state index is 13.4. The molecule has 0 bridgehead atoms. The molecule has 0 aliphatic rings. The van der Waals surface area contributed by atoms with Gasteiger partial charge in [0.15, 0.2) is 0 Å². The number of aromatic amines is 1. The Morgan fingerprint density at radius 3 is 2.16 bits per heavy atom. The fourth-order valence-electron chi connectivity index (χ4n) is 3.98. The number of nitrogens with zero attached hydrogens (tertiary/aromatic N) is 1. The molecule has 0 fully saturated rings. The first-order valence-corrected chi connectivity index (χ1v) is 10.6. The van der Waals surface area contributed by atoms with Crippen LogP contribution in [0.4, 0.5) is 5.69 Å². The van der Waals surface area contributed by atoms with Crippen molar-refractivity contribution in [2.45, 2.75) is 47.0 Å². The van der Waals surface area contributed by atoms with Crippen LogP contribution in [0.15, 0.2) is 52.3 Å². The Balaban J connectivity index is 2.24. The molecular formula is C26H27ClN2O2. The standard InChI is InChI=1S/C26H27ClN2O2/c1-15-12-16(2)23(17(3)13-15)28-14-19(30)21-20(18-10-8-7-9-11-18)22(26(4,5)6)25(31)29-24(21)27/h7-14H,1-6H3,(H,29,31). The predicted molar refractivity (Wildman–Crippen MR) is 129 cm³/mol. The van der Waals surface area contributed by atoms with Gasteiger partial charge in [0.25, 0.3) is 5.56 Å². The lowest BCUT2D eigenvalue weighted by molar-refractivity contribution is 0.107. The summed E-state index contributed by atoms with van der Waals surface area (Å²) >= 11 is 6.43. The second-order valence-corrected chi connectivity index (χ2v) is 9.26. The summed E-state index contributed by atoms with van der Waals surface area (Å²) in [5, 5.41) is 0.0191. The van der Waals surface area contributed by atoms with E-state index in [2.05, 4.69) is 9.98 Å². The van der Waals surface area contributed by atoms with Crippen molar-refractivity contribution in [3.63, 3.8) is 0 Å². The Kier molecular flexibility index (Phi) is 6.33. The van der Waals surface area contributed by atoms with Crippen LogP contribution in [0, 0.1) is 20.8 Å². The molecule has 0 aliphatic carbocycles. The van der Waals surface area contributed by atoms with Gasteiger partial charge in [-0.2, -0.15) is 0 Å². The minimum atomic E-state index is -0.500. The maximum Gasteiger partial charge on any atom is 0.253 e. The summed E-state index contributed by atoms with van der Waals surface area (Å²) < 4.78 is 0. The highest BCUT2D eigenvalue weighted by Crippen LogP contribution is 2.36. The molecule has 4 nitrogen and oxygen atoms in total. The van der Waals surface area contributed by atoms with Crippen molar-refractivity contribution in [3.8, 4) is 11.1 Å². The molecule has 1 heterocycles. The number of halogens is 1. The summed E-state index contributed by atoms with van der Waals surface area (Å²) in [5.41, 5.74) is 5.18. The van der Waals surface area contributed by atoms with Gasteiger partial charge < -0.3 is 4.98 Å².